The molecule has 51 heavy (non-hydrogen) atoms. The van der Waals surface area contributed by atoms with Crippen molar-refractivity contribution < 1.29 is 17.7 Å². The molecule has 0 aromatic heterocycles. The fraction of sp³-hybridized carbons (Fsp3) is 0.907. The number of hydrogen-bond donors (Lipinski definition) is 0. The van der Waals surface area contributed by atoms with Crippen molar-refractivity contribution in [3.05, 3.63) is 25.3 Å². The van der Waals surface area contributed by atoms with Crippen LogP contribution in [0, 0.1) is 0 Å². The van der Waals surface area contributed by atoms with Gasteiger partial charge in [-0.05, 0) is 96.7 Å². The molecule has 0 heterocycles. The lowest BCUT2D eigenvalue weighted by Crippen LogP contribution is -2.46. The van der Waals surface area contributed by atoms with Gasteiger partial charge in [0.25, 0.3) is 0 Å². The first-order chi connectivity index (χ1) is 23.3. The standard InChI is InChI=1S/C15H32OSi.C11H24OSi.C10H24OSi.C7H18OSi/c1-7-8-9-10-11-12-13-17(16-6,14(2)3)15(4)5;1-5-6-7-8-9-10-11-13(3,4)12-2;1-8(2)12(11-7,9(3)4)10(5)6;1-7(2,3)9(5,6)8-4/h7,14-15H,1,8-13H2,2-6H3;5H,1,6-11H2,2-4H3;8-10H,1-7H3;1-6H3. The first kappa shape index (κ1) is 57.9. The molecule has 0 saturated heterocycles. The molecule has 0 aliphatic carbocycles. The number of allylic oxidation sites excluding steroid dienone is 2. The van der Waals surface area contributed by atoms with E-state index >= 15 is 0 Å². The highest BCUT2D eigenvalue weighted by molar-refractivity contribution is 6.77. The average Bonchev–Trinajstić information content (AvgIpc) is 3.02. The van der Waals surface area contributed by atoms with Gasteiger partial charge < -0.3 is 17.7 Å². The second-order valence-corrected chi connectivity index (χ2v) is 38.5. The SMILES string of the molecule is C=CCCCCCC[Si](C)(C)OC.C=CCCCCCC[Si](OC)(C(C)C)C(C)C.CO[Si](C(C)C)(C(C)C)C(C)C.CO[Si](C)(C)C(C)(C)C. The van der Waals surface area contributed by atoms with Gasteiger partial charge in [-0.1, -0.05) is 141 Å². The molecular formula is C43H98O4Si4. The van der Waals surface area contributed by atoms with Gasteiger partial charge in [0.05, 0.1) is 0 Å². The topological polar surface area (TPSA) is 36.9 Å². The zero-order valence-corrected chi connectivity index (χ0v) is 43.1. The van der Waals surface area contributed by atoms with Crippen molar-refractivity contribution in [1.82, 2.24) is 0 Å². The highest BCUT2D eigenvalue weighted by Gasteiger charge is 2.44. The van der Waals surface area contributed by atoms with Crippen LogP contribution in [0.3, 0.4) is 0 Å². The molecule has 0 rings (SSSR count). The molecule has 310 valence electrons. The van der Waals surface area contributed by atoms with Gasteiger partial charge in [-0.25, -0.2) is 0 Å². The van der Waals surface area contributed by atoms with Crippen LogP contribution < -0.4 is 0 Å². The Morgan fingerprint density at radius 1 is 0.471 bits per heavy atom. The fourth-order valence-electron chi connectivity index (χ4n) is 7.17. The Morgan fingerprint density at radius 3 is 1.02 bits per heavy atom. The molecule has 0 aromatic carbocycles. The molecule has 0 spiro atoms. The number of rotatable bonds is 23. The van der Waals surface area contributed by atoms with E-state index in [-0.39, 0.29) is 0 Å². The number of unbranched alkanes of at least 4 members (excludes halogenated alkanes) is 8. The minimum atomic E-state index is -1.51. The van der Waals surface area contributed by atoms with Crippen LogP contribution in [-0.4, -0.2) is 61.7 Å². The van der Waals surface area contributed by atoms with Gasteiger partial charge in [-0.2, -0.15) is 0 Å². The summed E-state index contributed by atoms with van der Waals surface area (Å²) in [6, 6.07) is 2.63. The highest BCUT2D eigenvalue weighted by Crippen LogP contribution is 2.41. The van der Waals surface area contributed by atoms with Crippen molar-refractivity contribution in [1.29, 1.82) is 0 Å². The third kappa shape index (κ3) is 24.3. The summed E-state index contributed by atoms with van der Waals surface area (Å²) in [5.74, 6) is 0. The van der Waals surface area contributed by atoms with Crippen LogP contribution in [0.4, 0.5) is 0 Å². The maximum atomic E-state index is 6.01. The zero-order valence-electron chi connectivity index (χ0n) is 39.1. The molecule has 0 aliphatic rings. The normalized spacial score (nSPS) is 12.7. The van der Waals surface area contributed by atoms with E-state index in [1.165, 1.54) is 76.3 Å². The Labute approximate surface area is 328 Å². The summed E-state index contributed by atoms with van der Waals surface area (Å²) in [4.78, 5) is 0. The minimum Gasteiger partial charge on any atom is -0.420 e. The quantitative estimate of drug-likeness (QED) is 0.0587. The Bertz CT molecular complexity index is 788. The van der Waals surface area contributed by atoms with Gasteiger partial charge in [-0.3, -0.25) is 0 Å². The van der Waals surface area contributed by atoms with Gasteiger partial charge in [0.15, 0.2) is 33.3 Å². The predicted molar refractivity (Wildman–Crippen MR) is 246 cm³/mol. The molecule has 0 unspecified atom stereocenters. The lowest BCUT2D eigenvalue weighted by molar-refractivity contribution is 0.360. The van der Waals surface area contributed by atoms with Crippen LogP contribution >= 0.6 is 0 Å². The summed E-state index contributed by atoms with van der Waals surface area (Å²) < 4.78 is 22.8. The van der Waals surface area contributed by atoms with Gasteiger partial charge in [0, 0.05) is 28.4 Å². The van der Waals surface area contributed by atoms with E-state index in [9.17, 15) is 0 Å². The molecule has 0 radical (unpaired) electrons. The Balaban J connectivity index is -0.000000296. The first-order valence-electron chi connectivity index (χ1n) is 20.8. The van der Waals surface area contributed by atoms with Crippen molar-refractivity contribution in [2.75, 3.05) is 28.4 Å². The molecular weight excluding hydrogens is 693 g/mol. The smallest absolute Gasteiger partial charge is 0.199 e. The lowest BCUT2D eigenvalue weighted by atomic mass is 10.1. The van der Waals surface area contributed by atoms with E-state index in [0.717, 1.165) is 11.1 Å². The summed E-state index contributed by atoms with van der Waals surface area (Å²) in [5.41, 5.74) is 3.58. The number of hydrogen-bond acceptors (Lipinski definition) is 4. The predicted octanol–water partition coefficient (Wildman–Crippen LogP) is 16.0. The van der Waals surface area contributed by atoms with E-state index < -0.39 is 33.3 Å². The largest absolute Gasteiger partial charge is 0.420 e. The Hall–Kier alpha value is 0.188. The van der Waals surface area contributed by atoms with E-state index in [1.54, 1.807) is 0 Å². The summed E-state index contributed by atoms with van der Waals surface area (Å²) >= 11 is 0. The van der Waals surface area contributed by atoms with Gasteiger partial charge in [0.2, 0.25) is 0 Å². The summed E-state index contributed by atoms with van der Waals surface area (Å²) in [5, 5.41) is 0.363. The molecule has 0 fully saturated rings. The van der Waals surface area contributed by atoms with Crippen molar-refractivity contribution in [2.45, 2.75) is 225 Å². The zero-order chi connectivity index (χ0) is 41.1. The van der Waals surface area contributed by atoms with Crippen LogP contribution in [0.15, 0.2) is 25.3 Å². The van der Waals surface area contributed by atoms with Gasteiger partial charge in [-0.15, -0.1) is 13.2 Å². The average molecular weight is 792 g/mol. The van der Waals surface area contributed by atoms with Crippen LogP contribution in [0.5, 0.6) is 0 Å². The molecule has 0 aromatic rings. The maximum absolute atomic E-state index is 6.01. The maximum Gasteiger partial charge on any atom is 0.199 e. The van der Waals surface area contributed by atoms with Crippen molar-refractivity contribution >= 4 is 33.3 Å². The van der Waals surface area contributed by atoms with E-state index in [1.807, 2.05) is 40.6 Å². The first-order valence-corrected chi connectivity index (χ1v) is 31.2. The molecule has 0 aliphatic heterocycles. The fourth-order valence-corrected chi connectivity index (χ4v) is 18.9. The minimum absolute atomic E-state index is 0.363. The lowest BCUT2D eigenvalue weighted by Gasteiger charge is -2.40. The van der Waals surface area contributed by atoms with Crippen molar-refractivity contribution in [3.8, 4) is 0 Å². The monoisotopic (exact) mass is 791 g/mol. The summed E-state index contributed by atoms with van der Waals surface area (Å²) in [6.45, 7) is 46.4. The molecule has 0 amide bonds. The molecule has 0 N–H and O–H groups in total. The van der Waals surface area contributed by atoms with Crippen molar-refractivity contribution in [3.63, 3.8) is 0 Å². The molecule has 0 saturated carbocycles. The Morgan fingerprint density at radius 2 is 0.824 bits per heavy atom. The second-order valence-electron chi connectivity index (χ2n) is 18.4. The third-order valence-corrected chi connectivity index (χ3v) is 31.1. The molecule has 0 bridgehead atoms. The van der Waals surface area contributed by atoms with E-state index in [0.29, 0.717) is 21.7 Å². The van der Waals surface area contributed by atoms with E-state index in [4.69, 9.17) is 17.7 Å². The van der Waals surface area contributed by atoms with Crippen LogP contribution in [0.1, 0.15) is 154 Å². The third-order valence-electron chi connectivity index (χ3n) is 11.9. The van der Waals surface area contributed by atoms with Crippen LogP contribution in [-0.2, 0) is 17.7 Å². The van der Waals surface area contributed by atoms with Crippen molar-refractivity contribution in [2.24, 2.45) is 0 Å². The summed E-state index contributed by atoms with van der Waals surface area (Å²) in [6.07, 6.45) is 17.1. The van der Waals surface area contributed by atoms with Crippen LogP contribution in [0.25, 0.3) is 0 Å². The second kappa shape index (κ2) is 30.4. The molecule has 8 heteroatoms. The van der Waals surface area contributed by atoms with Gasteiger partial charge in [0.1, 0.15) is 0 Å². The highest BCUT2D eigenvalue weighted by atomic mass is 28.4. The Kier molecular flexibility index (Phi) is 34.5. The van der Waals surface area contributed by atoms with E-state index in [2.05, 4.69) is 129 Å². The molecule has 0 atom stereocenters. The van der Waals surface area contributed by atoms with Crippen LogP contribution in [0.2, 0.25) is 71.0 Å². The summed E-state index contributed by atoms with van der Waals surface area (Å²) in [7, 11) is 1.84. The van der Waals surface area contributed by atoms with Gasteiger partial charge >= 0.3 is 0 Å². The molecule has 4 nitrogen and oxygen atoms in total.